The zero-order valence-corrected chi connectivity index (χ0v) is 18.2. The number of hydrogen-bond acceptors (Lipinski definition) is 3. The first-order chi connectivity index (χ1) is 15.6. The quantitative estimate of drug-likeness (QED) is 0.638. The van der Waals surface area contributed by atoms with E-state index < -0.39 is 0 Å². The van der Waals surface area contributed by atoms with Crippen molar-refractivity contribution in [3.05, 3.63) is 102 Å². The number of piperidine rings is 1. The second-order valence-electron chi connectivity index (χ2n) is 8.18. The Kier molecular flexibility index (Phi) is 6.85. The highest BCUT2D eigenvalue weighted by Crippen LogP contribution is 2.31. The van der Waals surface area contributed by atoms with Gasteiger partial charge in [0.05, 0.1) is 13.0 Å². The van der Waals surface area contributed by atoms with Crippen molar-refractivity contribution < 1.29 is 14.3 Å². The molecule has 1 N–H and O–H groups in total. The number of carbonyl (C=O) groups is 2. The van der Waals surface area contributed by atoms with Crippen LogP contribution in [0, 0.1) is 5.92 Å². The minimum Gasteiger partial charge on any atom is -0.497 e. The molecule has 0 spiro atoms. The summed E-state index contributed by atoms with van der Waals surface area (Å²) in [7, 11) is 1.60. The predicted octanol–water partition coefficient (Wildman–Crippen LogP) is 4.26. The molecule has 2 amide bonds. The Morgan fingerprint density at radius 2 is 1.56 bits per heavy atom. The predicted molar refractivity (Wildman–Crippen MR) is 124 cm³/mol. The van der Waals surface area contributed by atoms with Gasteiger partial charge in [-0.2, -0.15) is 0 Å². The van der Waals surface area contributed by atoms with Crippen LogP contribution in [0.2, 0.25) is 0 Å². The van der Waals surface area contributed by atoms with Crippen molar-refractivity contribution in [3.63, 3.8) is 0 Å². The maximum atomic E-state index is 13.3. The van der Waals surface area contributed by atoms with Gasteiger partial charge in [0.1, 0.15) is 5.75 Å². The number of benzene rings is 3. The van der Waals surface area contributed by atoms with Crippen LogP contribution in [0.5, 0.6) is 5.75 Å². The minimum absolute atomic E-state index is 0.0120. The van der Waals surface area contributed by atoms with Crippen LogP contribution in [0.25, 0.3) is 0 Å². The lowest BCUT2D eigenvalue weighted by atomic mass is 9.83. The van der Waals surface area contributed by atoms with Crippen LogP contribution in [0.3, 0.4) is 0 Å². The van der Waals surface area contributed by atoms with Crippen molar-refractivity contribution in [2.24, 2.45) is 5.92 Å². The molecular formula is C27H28N2O3. The van der Waals surface area contributed by atoms with Gasteiger partial charge < -0.3 is 15.0 Å². The van der Waals surface area contributed by atoms with Crippen molar-refractivity contribution in [1.82, 2.24) is 10.2 Å². The molecular weight excluding hydrogens is 400 g/mol. The number of carbonyl (C=O) groups excluding carboxylic acids is 2. The van der Waals surface area contributed by atoms with E-state index >= 15 is 0 Å². The average Bonchev–Trinajstić information content (AvgIpc) is 2.87. The zero-order valence-electron chi connectivity index (χ0n) is 18.2. The van der Waals surface area contributed by atoms with E-state index in [4.69, 9.17) is 4.74 Å². The molecule has 3 aromatic carbocycles. The molecule has 1 heterocycles. The Bertz CT molecular complexity index is 1040. The molecule has 0 saturated carbocycles. The molecule has 0 unspecified atom stereocenters. The molecule has 1 saturated heterocycles. The highest BCUT2D eigenvalue weighted by Gasteiger charge is 2.34. The van der Waals surface area contributed by atoms with Crippen LogP contribution in [-0.2, 0) is 11.3 Å². The first kappa shape index (κ1) is 21.6. The van der Waals surface area contributed by atoms with Gasteiger partial charge in [-0.05, 0) is 41.8 Å². The van der Waals surface area contributed by atoms with Crippen LogP contribution in [0.4, 0.5) is 0 Å². The molecule has 32 heavy (non-hydrogen) atoms. The first-order valence-corrected chi connectivity index (χ1v) is 10.9. The van der Waals surface area contributed by atoms with Gasteiger partial charge in [-0.15, -0.1) is 0 Å². The molecule has 3 aromatic rings. The molecule has 0 radical (unpaired) electrons. The maximum absolute atomic E-state index is 13.3. The Balaban J connectivity index is 1.51. The number of nitrogens with zero attached hydrogens (tertiary/aromatic N) is 1. The molecule has 164 valence electrons. The van der Waals surface area contributed by atoms with E-state index in [1.54, 1.807) is 31.4 Å². The monoisotopic (exact) mass is 428 g/mol. The summed E-state index contributed by atoms with van der Waals surface area (Å²) in [4.78, 5) is 28.2. The second-order valence-corrected chi connectivity index (χ2v) is 8.18. The van der Waals surface area contributed by atoms with Crippen LogP contribution in [0.1, 0.15) is 33.8 Å². The summed E-state index contributed by atoms with van der Waals surface area (Å²) in [6.07, 6.45) is 0.719. The van der Waals surface area contributed by atoms with E-state index in [1.165, 1.54) is 0 Å². The van der Waals surface area contributed by atoms with Gasteiger partial charge in [0.2, 0.25) is 5.91 Å². The van der Waals surface area contributed by atoms with Crippen molar-refractivity contribution >= 4 is 11.8 Å². The smallest absolute Gasteiger partial charge is 0.253 e. The van der Waals surface area contributed by atoms with Gasteiger partial charge in [0, 0.05) is 31.1 Å². The summed E-state index contributed by atoms with van der Waals surface area (Å²) >= 11 is 0. The largest absolute Gasteiger partial charge is 0.497 e. The lowest BCUT2D eigenvalue weighted by Gasteiger charge is -2.37. The molecule has 0 bridgehead atoms. The first-order valence-electron chi connectivity index (χ1n) is 10.9. The number of ether oxygens (including phenoxy) is 1. The van der Waals surface area contributed by atoms with Crippen molar-refractivity contribution in [2.75, 3.05) is 20.2 Å². The van der Waals surface area contributed by atoms with Gasteiger partial charge in [-0.3, -0.25) is 9.59 Å². The fourth-order valence-corrected chi connectivity index (χ4v) is 4.27. The maximum Gasteiger partial charge on any atom is 0.253 e. The van der Waals surface area contributed by atoms with Gasteiger partial charge in [0.25, 0.3) is 5.91 Å². The third kappa shape index (κ3) is 5.17. The molecule has 0 aliphatic carbocycles. The molecule has 1 aliphatic heterocycles. The van der Waals surface area contributed by atoms with E-state index in [0.717, 1.165) is 17.5 Å². The van der Waals surface area contributed by atoms with Gasteiger partial charge in [-0.1, -0.05) is 60.7 Å². The summed E-state index contributed by atoms with van der Waals surface area (Å²) in [6, 6.07) is 27.1. The van der Waals surface area contributed by atoms with Gasteiger partial charge >= 0.3 is 0 Å². The SMILES string of the molecule is COc1ccc(C(=O)N2C[C@@H](C(=O)NCc3ccccc3)C[C@@H](c3ccccc3)C2)cc1. The van der Waals surface area contributed by atoms with E-state index in [-0.39, 0.29) is 23.7 Å². The Labute approximate surface area is 189 Å². The van der Waals surface area contributed by atoms with E-state index in [9.17, 15) is 9.59 Å². The number of amides is 2. The number of methoxy groups -OCH3 is 1. The second kappa shape index (κ2) is 10.1. The number of likely N-dealkylation sites (tertiary alicyclic amines) is 1. The van der Waals surface area contributed by atoms with Crippen molar-refractivity contribution in [3.8, 4) is 5.75 Å². The van der Waals surface area contributed by atoms with Crippen LogP contribution in [0.15, 0.2) is 84.9 Å². The Hall–Kier alpha value is -3.60. The number of rotatable bonds is 6. The van der Waals surface area contributed by atoms with Gasteiger partial charge in [0.15, 0.2) is 0 Å². The summed E-state index contributed by atoms with van der Waals surface area (Å²) in [6.45, 7) is 1.49. The highest BCUT2D eigenvalue weighted by molar-refractivity contribution is 5.95. The Morgan fingerprint density at radius 3 is 2.22 bits per heavy atom. The van der Waals surface area contributed by atoms with Crippen molar-refractivity contribution in [1.29, 1.82) is 0 Å². The average molecular weight is 429 g/mol. The highest BCUT2D eigenvalue weighted by atomic mass is 16.5. The fourth-order valence-electron chi connectivity index (χ4n) is 4.27. The van der Waals surface area contributed by atoms with Crippen molar-refractivity contribution in [2.45, 2.75) is 18.9 Å². The molecule has 1 fully saturated rings. The molecule has 0 aromatic heterocycles. The summed E-state index contributed by atoms with van der Waals surface area (Å²) in [5.41, 5.74) is 2.81. The number of hydrogen-bond donors (Lipinski definition) is 1. The standard InChI is InChI=1S/C27H28N2O3/c1-32-25-14-12-22(13-15-25)27(31)29-18-23(21-10-6-3-7-11-21)16-24(19-29)26(30)28-17-20-8-4-2-5-9-20/h2-15,23-24H,16-19H2,1H3,(H,28,30)/t23-,24+/m1/s1. The normalized spacial score (nSPS) is 18.1. The number of nitrogens with one attached hydrogen (secondary N) is 1. The summed E-state index contributed by atoms with van der Waals surface area (Å²) in [5, 5.41) is 3.06. The van der Waals surface area contributed by atoms with Crippen LogP contribution < -0.4 is 10.1 Å². The van der Waals surface area contributed by atoms with E-state index in [0.29, 0.717) is 30.9 Å². The summed E-state index contributed by atoms with van der Waals surface area (Å²) in [5.74, 6) is 0.483. The fraction of sp³-hybridized carbons (Fsp3) is 0.259. The zero-order chi connectivity index (χ0) is 22.3. The topological polar surface area (TPSA) is 58.6 Å². The third-order valence-electron chi connectivity index (χ3n) is 6.03. The molecule has 2 atom stereocenters. The Morgan fingerprint density at radius 1 is 0.906 bits per heavy atom. The third-order valence-corrected chi connectivity index (χ3v) is 6.03. The van der Waals surface area contributed by atoms with Gasteiger partial charge in [-0.25, -0.2) is 0 Å². The van der Waals surface area contributed by atoms with E-state index in [1.807, 2.05) is 53.4 Å². The lowest BCUT2D eigenvalue weighted by molar-refractivity contribution is -0.126. The van der Waals surface area contributed by atoms with Crippen LogP contribution >= 0.6 is 0 Å². The lowest BCUT2D eigenvalue weighted by Crippen LogP contribution is -2.48. The van der Waals surface area contributed by atoms with Crippen LogP contribution in [-0.4, -0.2) is 36.9 Å². The van der Waals surface area contributed by atoms with E-state index in [2.05, 4.69) is 17.4 Å². The molecule has 1 aliphatic rings. The molecule has 5 heteroatoms. The molecule has 5 nitrogen and oxygen atoms in total. The molecule has 4 rings (SSSR count). The minimum atomic E-state index is -0.264. The summed E-state index contributed by atoms with van der Waals surface area (Å²) < 4.78 is 5.20.